The topological polar surface area (TPSA) is 65.0 Å². The van der Waals surface area contributed by atoms with E-state index in [9.17, 15) is 18.0 Å². The van der Waals surface area contributed by atoms with Gasteiger partial charge in [-0.15, -0.1) is 13.2 Å². The van der Waals surface area contributed by atoms with Gasteiger partial charge in [0.05, 0.1) is 13.7 Å². The van der Waals surface area contributed by atoms with Crippen molar-refractivity contribution in [3.05, 3.63) is 23.8 Å². The molecule has 1 N–H and O–H groups in total. The van der Waals surface area contributed by atoms with Crippen LogP contribution in [0.3, 0.4) is 0 Å². The fraction of sp³-hybridized carbons (Fsp3) is 0.364. The molecule has 0 fully saturated rings. The molecule has 0 amide bonds. The Kier molecular flexibility index (Phi) is 4.99. The predicted octanol–water partition coefficient (Wildman–Crippen LogP) is 2.31. The smallest absolute Gasteiger partial charge is 0.493 e. The maximum Gasteiger partial charge on any atom is 0.522 e. The molecule has 0 aliphatic carbocycles. The highest BCUT2D eigenvalue weighted by atomic mass is 19.4. The molecule has 0 aliphatic heterocycles. The summed E-state index contributed by atoms with van der Waals surface area (Å²) in [4.78, 5) is 10.9. The Morgan fingerprint density at radius 2 is 2.00 bits per heavy atom. The summed E-state index contributed by atoms with van der Waals surface area (Å²) < 4.78 is 48.6. The Bertz CT molecular complexity index is 444. The van der Waals surface area contributed by atoms with Crippen LogP contribution in [0, 0.1) is 0 Å². The van der Waals surface area contributed by atoms with Crippen LogP contribution in [0.4, 0.5) is 13.2 Å². The number of benzene rings is 1. The van der Waals surface area contributed by atoms with Crippen LogP contribution in [0.2, 0.25) is 0 Å². The van der Waals surface area contributed by atoms with Crippen molar-refractivity contribution >= 4 is 5.97 Å². The number of carbonyl (C=O) groups is 1. The van der Waals surface area contributed by atoms with Gasteiger partial charge in [-0.1, -0.05) is 6.07 Å². The molecule has 0 aliphatic rings. The van der Waals surface area contributed by atoms with Crippen molar-refractivity contribution < 1.29 is 37.3 Å². The molecule has 0 aromatic heterocycles. The van der Waals surface area contributed by atoms with Gasteiger partial charge in [-0.25, -0.2) is 4.79 Å². The number of alkyl halides is 3. The van der Waals surface area contributed by atoms with E-state index < -0.39 is 25.5 Å². The summed E-state index contributed by atoms with van der Waals surface area (Å²) in [6.07, 6.45) is -4.75. The first-order chi connectivity index (χ1) is 8.85. The van der Waals surface area contributed by atoms with E-state index in [1.165, 1.54) is 25.3 Å². The van der Waals surface area contributed by atoms with Crippen molar-refractivity contribution in [2.75, 3.05) is 20.3 Å². The summed E-state index contributed by atoms with van der Waals surface area (Å²) >= 11 is 0. The van der Waals surface area contributed by atoms with Crippen LogP contribution in [0.15, 0.2) is 18.2 Å². The Morgan fingerprint density at radius 1 is 1.32 bits per heavy atom. The van der Waals surface area contributed by atoms with Crippen molar-refractivity contribution in [1.29, 1.82) is 0 Å². The third-order valence-electron chi connectivity index (χ3n) is 2.02. The van der Waals surface area contributed by atoms with Crippen LogP contribution in [-0.4, -0.2) is 37.8 Å². The molecule has 1 aromatic carbocycles. The number of hydrogen-bond donors (Lipinski definition) is 1. The number of halogens is 3. The minimum atomic E-state index is -4.75. The zero-order valence-electron chi connectivity index (χ0n) is 9.86. The molecule has 19 heavy (non-hydrogen) atoms. The van der Waals surface area contributed by atoms with Gasteiger partial charge in [0, 0.05) is 0 Å². The van der Waals surface area contributed by atoms with Gasteiger partial charge < -0.3 is 14.6 Å². The molecule has 5 nitrogen and oxygen atoms in total. The minimum Gasteiger partial charge on any atom is -0.493 e. The zero-order valence-corrected chi connectivity index (χ0v) is 9.86. The number of ether oxygens (including phenoxy) is 3. The average molecular weight is 280 g/mol. The molecule has 0 spiro atoms. The molecule has 0 radical (unpaired) electrons. The second-order valence-electron chi connectivity index (χ2n) is 3.28. The predicted molar refractivity (Wildman–Crippen MR) is 57.5 cm³/mol. The standard InChI is InChI=1S/C11H11F3O5/c1-17-8-4-2-3-7(10(15)16)9(8)18-5-6-19-11(12,13)14/h2-4H,5-6H2,1H3,(H,15,16). The molecule has 0 heterocycles. The highest BCUT2D eigenvalue weighted by Crippen LogP contribution is 2.31. The Hall–Kier alpha value is -1.96. The van der Waals surface area contributed by atoms with E-state index in [-0.39, 0.29) is 17.1 Å². The molecule has 1 aromatic rings. The molecule has 106 valence electrons. The van der Waals surface area contributed by atoms with Gasteiger partial charge in [-0.2, -0.15) is 0 Å². The molecule has 0 atom stereocenters. The van der Waals surface area contributed by atoms with E-state index in [0.717, 1.165) is 0 Å². The van der Waals surface area contributed by atoms with Crippen LogP contribution in [0.1, 0.15) is 10.4 Å². The highest BCUT2D eigenvalue weighted by molar-refractivity contribution is 5.92. The fourth-order valence-electron chi connectivity index (χ4n) is 1.29. The van der Waals surface area contributed by atoms with E-state index in [2.05, 4.69) is 4.74 Å². The number of carboxylic acid groups (broad SMARTS) is 1. The summed E-state index contributed by atoms with van der Waals surface area (Å²) in [6, 6.07) is 4.12. The van der Waals surface area contributed by atoms with E-state index in [1.54, 1.807) is 0 Å². The van der Waals surface area contributed by atoms with Crippen LogP contribution in [0.25, 0.3) is 0 Å². The second-order valence-corrected chi connectivity index (χ2v) is 3.28. The Morgan fingerprint density at radius 3 is 2.53 bits per heavy atom. The van der Waals surface area contributed by atoms with Crippen molar-refractivity contribution in [2.24, 2.45) is 0 Å². The lowest BCUT2D eigenvalue weighted by molar-refractivity contribution is -0.325. The van der Waals surface area contributed by atoms with Crippen LogP contribution in [-0.2, 0) is 4.74 Å². The van der Waals surface area contributed by atoms with Crippen LogP contribution in [0.5, 0.6) is 11.5 Å². The molecule has 0 saturated heterocycles. The lowest BCUT2D eigenvalue weighted by Crippen LogP contribution is -2.18. The van der Waals surface area contributed by atoms with Gasteiger partial charge in [-0.05, 0) is 12.1 Å². The summed E-state index contributed by atoms with van der Waals surface area (Å²) in [7, 11) is 1.29. The first kappa shape index (κ1) is 15.1. The van der Waals surface area contributed by atoms with Gasteiger partial charge in [0.1, 0.15) is 12.2 Å². The number of aromatic carboxylic acids is 1. The zero-order chi connectivity index (χ0) is 14.5. The van der Waals surface area contributed by atoms with Crippen LogP contribution >= 0.6 is 0 Å². The van der Waals surface area contributed by atoms with Gasteiger partial charge in [0.2, 0.25) is 0 Å². The van der Waals surface area contributed by atoms with Crippen molar-refractivity contribution in [2.45, 2.75) is 6.36 Å². The fourth-order valence-corrected chi connectivity index (χ4v) is 1.29. The van der Waals surface area contributed by atoms with Gasteiger partial charge >= 0.3 is 12.3 Å². The lowest BCUT2D eigenvalue weighted by atomic mass is 10.2. The normalized spacial score (nSPS) is 11.2. The summed E-state index contributed by atoms with van der Waals surface area (Å²) in [5.74, 6) is -1.29. The second kappa shape index (κ2) is 6.28. The van der Waals surface area contributed by atoms with E-state index in [0.29, 0.717) is 0 Å². The number of hydrogen-bond acceptors (Lipinski definition) is 4. The Balaban J connectivity index is 2.73. The number of rotatable bonds is 6. The van der Waals surface area contributed by atoms with Gasteiger partial charge in [0.25, 0.3) is 0 Å². The number of carboxylic acids is 1. The molecule has 0 saturated carbocycles. The first-order valence-electron chi connectivity index (χ1n) is 5.09. The summed E-state index contributed by atoms with van der Waals surface area (Å²) in [5.41, 5.74) is -0.202. The molecule has 0 bridgehead atoms. The highest BCUT2D eigenvalue weighted by Gasteiger charge is 2.28. The van der Waals surface area contributed by atoms with E-state index in [4.69, 9.17) is 14.6 Å². The van der Waals surface area contributed by atoms with E-state index >= 15 is 0 Å². The maximum absolute atomic E-state index is 11.7. The number of para-hydroxylation sites is 1. The molecular formula is C11H11F3O5. The number of methoxy groups -OCH3 is 1. The quantitative estimate of drug-likeness (QED) is 0.810. The molecule has 0 unspecified atom stereocenters. The maximum atomic E-state index is 11.7. The van der Waals surface area contributed by atoms with Gasteiger partial charge in [0.15, 0.2) is 11.5 Å². The third kappa shape index (κ3) is 4.66. The van der Waals surface area contributed by atoms with Crippen LogP contribution < -0.4 is 9.47 Å². The van der Waals surface area contributed by atoms with Crippen molar-refractivity contribution in [1.82, 2.24) is 0 Å². The third-order valence-corrected chi connectivity index (χ3v) is 2.02. The summed E-state index contributed by atoms with van der Waals surface area (Å²) in [6.45, 7) is -1.21. The molecular weight excluding hydrogens is 269 g/mol. The first-order valence-corrected chi connectivity index (χ1v) is 5.09. The minimum absolute atomic E-state index is 0.118. The SMILES string of the molecule is COc1cccc(C(=O)O)c1OCCOC(F)(F)F. The van der Waals surface area contributed by atoms with Crippen molar-refractivity contribution in [3.8, 4) is 11.5 Å². The average Bonchev–Trinajstić information content (AvgIpc) is 2.33. The van der Waals surface area contributed by atoms with Crippen molar-refractivity contribution in [3.63, 3.8) is 0 Å². The molecule has 8 heteroatoms. The largest absolute Gasteiger partial charge is 0.522 e. The van der Waals surface area contributed by atoms with Gasteiger partial charge in [-0.3, -0.25) is 4.74 Å². The monoisotopic (exact) mass is 280 g/mol. The summed E-state index contributed by atoms with van der Waals surface area (Å²) in [5, 5.41) is 8.92. The molecule has 1 rings (SSSR count). The Labute approximate surface area is 106 Å². The lowest BCUT2D eigenvalue weighted by Gasteiger charge is -2.13. The van der Waals surface area contributed by atoms with E-state index in [1.807, 2.05) is 0 Å².